The molecule has 0 spiro atoms. The molecule has 8 rings (SSSR count). The molecule has 0 fully saturated rings. The first-order valence-electron chi connectivity index (χ1n) is 20.2. The zero-order valence-corrected chi connectivity index (χ0v) is 35.2. The van der Waals surface area contributed by atoms with E-state index >= 15 is 0 Å². The highest BCUT2D eigenvalue weighted by atomic mass is 35.5. The molecule has 5 aromatic carbocycles. The number of rotatable bonds is 14. The van der Waals surface area contributed by atoms with Crippen molar-refractivity contribution in [3.05, 3.63) is 171 Å². The molecule has 2 N–H and O–H groups in total. The number of ether oxygens (including phenoxy) is 4. The van der Waals surface area contributed by atoms with Crippen LogP contribution in [0.4, 0.5) is 0 Å². The Morgan fingerprint density at radius 2 is 1.62 bits per heavy atom. The fraction of sp³-hybridized carbons (Fsp3) is 0.245. The number of carboxylic acid groups (broad SMARTS) is 1. The normalized spacial score (nSPS) is 16.8. The van der Waals surface area contributed by atoms with Gasteiger partial charge in [-0.1, -0.05) is 103 Å². The number of fused-ring (bicyclic) bond motifs is 2. The van der Waals surface area contributed by atoms with Crippen molar-refractivity contribution in [2.75, 3.05) is 13.7 Å². The highest BCUT2D eigenvalue weighted by Gasteiger charge is 2.39. The summed E-state index contributed by atoms with van der Waals surface area (Å²) in [6.45, 7) is 3.20. The van der Waals surface area contributed by atoms with Crippen LogP contribution in [-0.4, -0.2) is 52.7 Å². The van der Waals surface area contributed by atoms with Crippen molar-refractivity contribution in [3.63, 3.8) is 0 Å². The third kappa shape index (κ3) is 9.62. The lowest BCUT2D eigenvalue weighted by Crippen LogP contribution is -2.55. The summed E-state index contributed by atoms with van der Waals surface area (Å²) < 4.78 is 24.1. The number of carboxylic acids is 1. The molecular formula is C49H45Cl2N3O7. The van der Waals surface area contributed by atoms with Crippen molar-refractivity contribution >= 4 is 35.1 Å². The molecule has 2 aliphatic rings. The van der Waals surface area contributed by atoms with Crippen molar-refractivity contribution in [2.45, 2.75) is 63.6 Å². The van der Waals surface area contributed by atoms with Gasteiger partial charge in [-0.3, -0.25) is 9.69 Å². The van der Waals surface area contributed by atoms with Crippen LogP contribution >= 0.6 is 23.2 Å². The van der Waals surface area contributed by atoms with Crippen molar-refractivity contribution < 1.29 is 33.6 Å². The number of carbonyl (C=O) groups is 2. The minimum absolute atomic E-state index is 0.105. The highest BCUT2D eigenvalue weighted by Crippen LogP contribution is 2.43. The molecule has 0 aliphatic carbocycles. The van der Waals surface area contributed by atoms with Gasteiger partial charge in [0.25, 0.3) is 0 Å². The van der Waals surface area contributed by atoms with E-state index in [9.17, 15) is 14.7 Å². The smallest absolute Gasteiger partial charge is 0.326 e. The second kappa shape index (κ2) is 18.7. The minimum Gasteiger partial charge on any atom is -0.489 e. The molecule has 0 unspecified atom stereocenters. The van der Waals surface area contributed by atoms with Crippen molar-refractivity contribution in [1.82, 2.24) is 15.2 Å². The van der Waals surface area contributed by atoms with E-state index < -0.39 is 18.1 Å². The van der Waals surface area contributed by atoms with Crippen molar-refractivity contribution in [1.29, 1.82) is 0 Å². The van der Waals surface area contributed by atoms with Gasteiger partial charge in [0.15, 0.2) is 17.6 Å². The van der Waals surface area contributed by atoms with Gasteiger partial charge in [0, 0.05) is 31.3 Å². The van der Waals surface area contributed by atoms with E-state index in [0.29, 0.717) is 59.4 Å². The van der Waals surface area contributed by atoms with Crippen LogP contribution in [0.1, 0.15) is 58.9 Å². The highest BCUT2D eigenvalue weighted by molar-refractivity contribution is 6.42. The number of hydrogen-bond donors (Lipinski definition) is 2. The summed E-state index contributed by atoms with van der Waals surface area (Å²) >= 11 is 12.2. The number of methoxy groups -OCH3 is 1. The van der Waals surface area contributed by atoms with E-state index in [1.54, 1.807) is 25.4 Å². The molecule has 312 valence electrons. The molecule has 10 nitrogen and oxygen atoms in total. The SMILES string of the molecule is CC[C@@H](c1ccccc1)N1Cc2cc3c(cc2C[C@H]1C(=O)N[C@@H](Cc1ccc(-c2ccnc(OC)c2)cc1)C(=O)O)OC[C@H](c1ccc(OCc2ccc(Cl)c(Cl)c2)cc1)O3. The second-order valence-electron chi connectivity index (χ2n) is 15.2. The van der Waals surface area contributed by atoms with Crippen LogP contribution in [-0.2, 0) is 35.6 Å². The van der Waals surface area contributed by atoms with E-state index in [1.165, 1.54) is 0 Å². The number of nitrogens with one attached hydrogen (secondary N) is 1. The van der Waals surface area contributed by atoms with Crippen LogP contribution in [0, 0.1) is 0 Å². The molecule has 0 bridgehead atoms. The minimum atomic E-state index is -1.14. The van der Waals surface area contributed by atoms with Gasteiger partial charge in [0.2, 0.25) is 11.8 Å². The Hall–Kier alpha value is -6.07. The lowest BCUT2D eigenvalue weighted by atomic mass is 9.89. The largest absolute Gasteiger partial charge is 0.489 e. The Morgan fingerprint density at radius 1 is 0.869 bits per heavy atom. The first kappa shape index (κ1) is 41.7. The summed E-state index contributed by atoms with van der Waals surface area (Å²) in [6, 6.07) is 36.7. The molecule has 6 aromatic rings. The standard InChI is InChI=1S/C49H45Cl2N3O7/c1-3-42(33-7-5-4-6-8-33)54-27-37-25-45-44(60-29-46(61-45)34-14-16-38(17-15-34)59-28-31-11-18-39(50)40(51)21-31)24-36(37)23-43(54)48(55)53-41(49(56)57)22-30-9-12-32(13-10-30)35-19-20-52-47(26-35)58-2/h4-21,24-26,41-43,46H,3,22-23,27-29H2,1-2H3,(H,53,55)(H,56,57)/t41-,42-,43-,46+/m0/s1. The molecule has 2 aliphatic heterocycles. The molecular weight excluding hydrogens is 813 g/mol. The number of carbonyl (C=O) groups excluding carboxylic acids is 1. The van der Waals surface area contributed by atoms with Gasteiger partial charge in [-0.15, -0.1) is 0 Å². The number of pyridine rings is 1. The van der Waals surface area contributed by atoms with Crippen LogP contribution < -0.4 is 24.3 Å². The van der Waals surface area contributed by atoms with Crippen LogP contribution in [0.3, 0.4) is 0 Å². The number of benzene rings is 5. The second-order valence-corrected chi connectivity index (χ2v) is 16.0. The van der Waals surface area contributed by atoms with Crippen LogP contribution in [0.5, 0.6) is 23.1 Å². The van der Waals surface area contributed by atoms with Gasteiger partial charge >= 0.3 is 5.97 Å². The Balaban J connectivity index is 0.989. The predicted molar refractivity (Wildman–Crippen MR) is 235 cm³/mol. The third-order valence-electron chi connectivity index (χ3n) is 11.3. The molecule has 0 saturated carbocycles. The fourth-order valence-corrected chi connectivity index (χ4v) is 8.38. The molecule has 1 amide bonds. The summed E-state index contributed by atoms with van der Waals surface area (Å²) in [6.07, 6.45) is 2.56. The maximum absolute atomic E-state index is 14.4. The first-order valence-corrected chi connectivity index (χ1v) is 21.0. The summed E-state index contributed by atoms with van der Waals surface area (Å²) in [7, 11) is 1.57. The Bertz CT molecular complexity index is 2500. The maximum atomic E-state index is 14.4. The lowest BCUT2D eigenvalue weighted by Gasteiger charge is -2.42. The van der Waals surface area contributed by atoms with Crippen LogP contribution in [0.15, 0.2) is 128 Å². The van der Waals surface area contributed by atoms with Crippen molar-refractivity contribution in [2.24, 2.45) is 0 Å². The first-order chi connectivity index (χ1) is 29.6. The van der Waals surface area contributed by atoms with Crippen molar-refractivity contribution in [3.8, 4) is 34.3 Å². The fourth-order valence-electron chi connectivity index (χ4n) is 8.06. The Morgan fingerprint density at radius 3 is 2.34 bits per heavy atom. The van der Waals surface area contributed by atoms with Gasteiger partial charge in [0.1, 0.15) is 25.0 Å². The summed E-state index contributed by atoms with van der Waals surface area (Å²) in [5.41, 5.74) is 7.56. The van der Waals surface area contributed by atoms with Gasteiger partial charge in [-0.2, -0.15) is 0 Å². The molecule has 0 radical (unpaired) electrons. The van der Waals surface area contributed by atoms with Gasteiger partial charge in [-0.25, -0.2) is 9.78 Å². The van der Waals surface area contributed by atoms with E-state index in [2.05, 4.69) is 34.3 Å². The number of halogens is 2. The van der Waals surface area contributed by atoms with Crippen LogP contribution in [0.25, 0.3) is 11.1 Å². The molecule has 1 aromatic heterocycles. The maximum Gasteiger partial charge on any atom is 0.326 e. The number of hydrogen-bond acceptors (Lipinski definition) is 8. The van der Waals surface area contributed by atoms with Crippen LogP contribution in [0.2, 0.25) is 10.0 Å². The molecule has 61 heavy (non-hydrogen) atoms. The zero-order chi connectivity index (χ0) is 42.5. The molecule has 3 heterocycles. The molecule has 0 saturated heterocycles. The number of nitrogens with zero attached hydrogens (tertiary/aromatic N) is 2. The monoisotopic (exact) mass is 857 g/mol. The van der Waals surface area contributed by atoms with E-state index in [-0.39, 0.29) is 24.5 Å². The molecule has 12 heteroatoms. The average molecular weight is 859 g/mol. The number of aromatic nitrogens is 1. The Kier molecular flexibility index (Phi) is 12.8. The van der Waals surface area contributed by atoms with E-state index in [1.807, 2.05) is 97.1 Å². The zero-order valence-electron chi connectivity index (χ0n) is 33.7. The van der Waals surface area contributed by atoms with Gasteiger partial charge in [0.05, 0.1) is 23.2 Å². The number of aliphatic carboxylic acids is 1. The third-order valence-corrected chi connectivity index (χ3v) is 12.0. The van der Waals surface area contributed by atoms with Gasteiger partial charge in [-0.05, 0) is 99.8 Å². The topological polar surface area (TPSA) is 119 Å². The summed E-state index contributed by atoms with van der Waals surface area (Å²) in [4.78, 5) is 33.5. The Labute approximate surface area is 365 Å². The van der Waals surface area contributed by atoms with E-state index in [0.717, 1.165) is 50.9 Å². The predicted octanol–water partition coefficient (Wildman–Crippen LogP) is 9.85. The average Bonchev–Trinajstić information content (AvgIpc) is 3.29. The lowest BCUT2D eigenvalue weighted by molar-refractivity contribution is -0.143. The quantitative estimate of drug-likeness (QED) is 0.110. The number of amides is 1. The molecule has 4 atom stereocenters. The summed E-state index contributed by atoms with van der Waals surface area (Å²) in [5, 5.41) is 14.3. The van der Waals surface area contributed by atoms with Gasteiger partial charge < -0.3 is 29.4 Å². The summed E-state index contributed by atoms with van der Waals surface area (Å²) in [5.74, 6) is 1.00. The van der Waals surface area contributed by atoms with E-state index in [4.69, 9.17) is 42.1 Å².